The number of allylic oxidation sites excluding steroid dienone is 8. The molecule has 0 saturated carbocycles. The number of phosphoric ester groups is 1. The maximum absolute atomic E-state index is 12.7. The normalized spacial score (nSPS) is 14.0. The Morgan fingerprint density at radius 2 is 0.871 bits per heavy atom. The molecule has 0 aromatic carbocycles. The van der Waals surface area contributed by atoms with E-state index >= 15 is 0 Å². The summed E-state index contributed by atoms with van der Waals surface area (Å²) in [5.41, 5.74) is 5.34. The maximum atomic E-state index is 12.7. The number of hydrogen-bond acceptors (Lipinski definition) is 9. The molecule has 0 spiro atoms. The number of aliphatic carboxylic acids is 1. The smallest absolute Gasteiger partial charge is 0.472 e. The summed E-state index contributed by atoms with van der Waals surface area (Å²) in [7, 11) is -4.73. The summed E-state index contributed by atoms with van der Waals surface area (Å²) in [6.07, 6.45) is 51.8. The highest BCUT2D eigenvalue weighted by molar-refractivity contribution is 7.47. The van der Waals surface area contributed by atoms with Crippen LogP contribution in [-0.4, -0.2) is 59.9 Å². The number of carbonyl (C=O) groups excluding carboxylic acids is 2. The van der Waals surface area contributed by atoms with Crippen LogP contribution in [0.2, 0.25) is 0 Å². The molecule has 62 heavy (non-hydrogen) atoms. The van der Waals surface area contributed by atoms with Gasteiger partial charge in [0, 0.05) is 12.8 Å². The molecule has 0 aromatic rings. The topological polar surface area (TPSA) is 172 Å². The van der Waals surface area contributed by atoms with Gasteiger partial charge in [0.1, 0.15) is 12.6 Å². The molecule has 0 radical (unpaired) electrons. The summed E-state index contributed by atoms with van der Waals surface area (Å²) < 4.78 is 32.7. The zero-order valence-corrected chi connectivity index (χ0v) is 40.1. The van der Waals surface area contributed by atoms with Crippen LogP contribution in [0, 0.1) is 0 Å². The first-order valence-electron chi connectivity index (χ1n) is 24.7. The number of unbranched alkanes of at least 4 members (excludes halogenated alkanes) is 24. The summed E-state index contributed by atoms with van der Waals surface area (Å²) in [6, 6.07) is -1.53. The molecular formula is C50H90NO10P. The van der Waals surface area contributed by atoms with E-state index in [1.54, 1.807) is 0 Å². The van der Waals surface area contributed by atoms with Crippen LogP contribution in [-0.2, 0) is 37.5 Å². The number of carboxylic acid groups (broad SMARTS) is 1. The predicted molar refractivity (Wildman–Crippen MR) is 254 cm³/mol. The number of nitrogens with two attached hydrogens (primary N) is 1. The van der Waals surface area contributed by atoms with Gasteiger partial charge in [-0.3, -0.25) is 23.4 Å². The van der Waals surface area contributed by atoms with Crippen LogP contribution in [0.4, 0.5) is 0 Å². The molecule has 0 aliphatic carbocycles. The molecule has 0 aliphatic heterocycles. The van der Waals surface area contributed by atoms with Gasteiger partial charge < -0.3 is 25.2 Å². The molecule has 0 aromatic heterocycles. The molecule has 3 atom stereocenters. The molecule has 4 N–H and O–H groups in total. The first-order valence-corrected chi connectivity index (χ1v) is 26.2. The van der Waals surface area contributed by atoms with Crippen molar-refractivity contribution in [3.63, 3.8) is 0 Å². The van der Waals surface area contributed by atoms with Crippen LogP contribution in [0.1, 0.15) is 219 Å². The van der Waals surface area contributed by atoms with Gasteiger partial charge in [-0.1, -0.05) is 204 Å². The Morgan fingerprint density at radius 1 is 0.500 bits per heavy atom. The maximum Gasteiger partial charge on any atom is 0.472 e. The van der Waals surface area contributed by atoms with Crippen molar-refractivity contribution in [2.45, 2.75) is 231 Å². The zero-order chi connectivity index (χ0) is 45.6. The number of phosphoric acid groups is 1. The Labute approximate surface area is 377 Å². The van der Waals surface area contributed by atoms with Crippen molar-refractivity contribution in [3.05, 3.63) is 48.6 Å². The minimum Gasteiger partial charge on any atom is -0.480 e. The van der Waals surface area contributed by atoms with E-state index in [2.05, 4.69) is 54.8 Å². The van der Waals surface area contributed by atoms with E-state index in [0.29, 0.717) is 19.3 Å². The summed E-state index contributed by atoms with van der Waals surface area (Å²) in [4.78, 5) is 46.1. The molecule has 0 bridgehead atoms. The van der Waals surface area contributed by atoms with Crippen LogP contribution < -0.4 is 5.73 Å². The first-order chi connectivity index (χ1) is 30.1. The lowest BCUT2D eigenvalue weighted by atomic mass is 10.0. The Hall–Kier alpha value is -2.56. The summed E-state index contributed by atoms with van der Waals surface area (Å²) >= 11 is 0. The Morgan fingerprint density at radius 3 is 1.32 bits per heavy atom. The zero-order valence-electron chi connectivity index (χ0n) is 39.2. The molecular weight excluding hydrogens is 806 g/mol. The van der Waals surface area contributed by atoms with Gasteiger partial charge in [0.15, 0.2) is 6.10 Å². The third kappa shape index (κ3) is 44.1. The van der Waals surface area contributed by atoms with Crippen LogP contribution in [0.25, 0.3) is 0 Å². The van der Waals surface area contributed by atoms with E-state index in [4.69, 9.17) is 24.8 Å². The molecule has 360 valence electrons. The van der Waals surface area contributed by atoms with Gasteiger partial charge in [-0.05, 0) is 51.4 Å². The van der Waals surface area contributed by atoms with E-state index in [9.17, 15) is 23.8 Å². The van der Waals surface area contributed by atoms with Crippen molar-refractivity contribution >= 4 is 25.7 Å². The Kier molecular flexibility index (Phi) is 43.2. The molecule has 0 saturated heterocycles. The van der Waals surface area contributed by atoms with Gasteiger partial charge in [0.2, 0.25) is 0 Å². The quantitative estimate of drug-likeness (QED) is 0.0230. The average molecular weight is 896 g/mol. The second-order valence-electron chi connectivity index (χ2n) is 16.6. The van der Waals surface area contributed by atoms with Crippen LogP contribution >= 0.6 is 7.82 Å². The molecule has 12 heteroatoms. The highest BCUT2D eigenvalue weighted by Gasteiger charge is 2.28. The van der Waals surface area contributed by atoms with E-state index in [-0.39, 0.29) is 19.4 Å². The standard InChI is InChI=1S/C50H90NO10P/c1-3-5-7-9-11-13-15-17-19-21-22-23-24-26-28-30-32-34-36-38-40-42-49(53)61-46(44-59-62(56,57)60-45-47(51)50(54)55)43-58-48(52)41-39-37-35-33-31-29-27-25-20-18-16-14-12-10-8-6-4-2/h19,21,23-24,28,30,34,36,46-47H,3-18,20,22,25-27,29,31-33,35,37-45,51H2,1-2H3,(H,54,55)(H,56,57)/b21-19+,24-23+,30-28+,36-34+/t46-,47+/m1/s1. The fraction of sp³-hybridized carbons (Fsp3) is 0.780. The Bertz CT molecular complexity index is 1240. The van der Waals surface area contributed by atoms with Crippen molar-refractivity contribution < 1.29 is 47.5 Å². The molecule has 0 heterocycles. The SMILES string of the molecule is CCCCCCCCC/C=C/C/C=C/C/C=C/C/C=C/CCCC(=O)O[C@H](COC(=O)CCCCCCCCCCCCCCCCCCC)COP(=O)(O)OC[C@H](N)C(=O)O. The average Bonchev–Trinajstić information content (AvgIpc) is 3.25. The van der Waals surface area contributed by atoms with E-state index in [0.717, 1.165) is 38.5 Å². The molecule has 0 aliphatic rings. The van der Waals surface area contributed by atoms with Crippen molar-refractivity contribution in [2.24, 2.45) is 5.73 Å². The van der Waals surface area contributed by atoms with Crippen LogP contribution in [0.5, 0.6) is 0 Å². The Balaban J connectivity index is 4.37. The van der Waals surface area contributed by atoms with Crippen molar-refractivity contribution in [1.82, 2.24) is 0 Å². The van der Waals surface area contributed by atoms with Gasteiger partial charge in [-0.15, -0.1) is 0 Å². The van der Waals surface area contributed by atoms with Gasteiger partial charge in [0.05, 0.1) is 13.2 Å². The number of hydrogen-bond donors (Lipinski definition) is 3. The van der Waals surface area contributed by atoms with Gasteiger partial charge >= 0.3 is 25.7 Å². The van der Waals surface area contributed by atoms with Crippen LogP contribution in [0.15, 0.2) is 48.6 Å². The third-order valence-corrected chi connectivity index (χ3v) is 11.5. The van der Waals surface area contributed by atoms with Crippen molar-refractivity contribution in [1.29, 1.82) is 0 Å². The molecule has 0 fully saturated rings. The second kappa shape index (κ2) is 45.0. The predicted octanol–water partition coefficient (Wildman–Crippen LogP) is 13.7. The number of carbonyl (C=O) groups is 3. The van der Waals surface area contributed by atoms with E-state index in [1.807, 2.05) is 12.2 Å². The minimum absolute atomic E-state index is 0.0862. The molecule has 1 unspecified atom stereocenters. The largest absolute Gasteiger partial charge is 0.480 e. The monoisotopic (exact) mass is 896 g/mol. The summed E-state index contributed by atoms with van der Waals surface area (Å²) in [5, 5.41) is 8.91. The highest BCUT2D eigenvalue weighted by Crippen LogP contribution is 2.43. The third-order valence-electron chi connectivity index (χ3n) is 10.6. The molecule has 11 nitrogen and oxygen atoms in total. The van der Waals surface area contributed by atoms with E-state index in [1.165, 1.54) is 135 Å². The van der Waals surface area contributed by atoms with Crippen molar-refractivity contribution in [2.75, 3.05) is 19.8 Å². The molecule has 0 amide bonds. The number of rotatable bonds is 46. The first kappa shape index (κ1) is 59.4. The fourth-order valence-corrected chi connectivity index (χ4v) is 7.48. The van der Waals surface area contributed by atoms with Gasteiger partial charge in [-0.25, -0.2) is 4.57 Å². The van der Waals surface area contributed by atoms with Crippen LogP contribution in [0.3, 0.4) is 0 Å². The number of esters is 2. The van der Waals surface area contributed by atoms with E-state index < -0.39 is 51.1 Å². The summed E-state index contributed by atoms with van der Waals surface area (Å²) in [6.45, 7) is 2.77. The minimum atomic E-state index is -4.73. The molecule has 0 rings (SSSR count). The highest BCUT2D eigenvalue weighted by atomic mass is 31.2. The lowest BCUT2D eigenvalue weighted by molar-refractivity contribution is -0.161. The van der Waals surface area contributed by atoms with Gasteiger partial charge in [-0.2, -0.15) is 0 Å². The lowest BCUT2D eigenvalue weighted by Crippen LogP contribution is -2.34. The summed E-state index contributed by atoms with van der Waals surface area (Å²) in [5.74, 6) is -2.44. The van der Waals surface area contributed by atoms with Crippen molar-refractivity contribution in [3.8, 4) is 0 Å². The number of carboxylic acids is 1. The lowest BCUT2D eigenvalue weighted by Gasteiger charge is -2.20. The second-order valence-corrected chi connectivity index (χ2v) is 18.1. The van der Waals surface area contributed by atoms with Gasteiger partial charge in [0.25, 0.3) is 0 Å². The number of ether oxygens (including phenoxy) is 2. The fourth-order valence-electron chi connectivity index (χ4n) is 6.71.